The summed E-state index contributed by atoms with van der Waals surface area (Å²) in [5, 5.41) is 28.9. The van der Waals surface area contributed by atoms with Crippen LogP contribution in [0.25, 0.3) is 0 Å². The van der Waals surface area contributed by atoms with Gasteiger partial charge in [0.05, 0.1) is 5.60 Å². The van der Waals surface area contributed by atoms with Crippen molar-refractivity contribution >= 4 is 0 Å². The Bertz CT molecular complexity index is 732. The average Bonchev–Trinajstić information content (AvgIpc) is 3.58. The van der Waals surface area contributed by atoms with E-state index in [-0.39, 0.29) is 11.6 Å². The summed E-state index contributed by atoms with van der Waals surface area (Å²) in [6.45, 7) is 1.96. The van der Waals surface area contributed by atoms with Gasteiger partial charge in [-0.3, -0.25) is 0 Å². The van der Waals surface area contributed by atoms with Gasteiger partial charge in [0, 0.05) is 24.2 Å². The lowest BCUT2D eigenvalue weighted by Crippen LogP contribution is -2.47. The van der Waals surface area contributed by atoms with E-state index in [1.165, 1.54) is 70.6 Å². The fourth-order valence-electron chi connectivity index (χ4n) is 7.76. The third kappa shape index (κ3) is 5.05. The Hall–Kier alpha value is -0.940. The summed E-state index contributed by atoms with van der Waals surface area (Å²) in [5.74, 6) is 1.65. The Kier molecular flexibility index (Phi) is 7.19. The maximum atomic E-state index is 10.9. The van der Waals surface area contributed by atoms with Gasteiger partial charge in [-0.2, -0.15) is 0 Å². The molecule has 3 aliphatic carbocycles. The van der Waals surface area contributed by atoms with E-state index in [9.17, 15) is 10.2 Å². The van der Waals surface area contributed by atoms with Crippen molar-refractivity contribution in [2.24, 2.45) is 11.8 Å². The predicted molar refractivity (Wildman–Crippen MR) is 134 cm³/mol. The van der Waals surface area contributed by atoms with E-state index in [4.69, 9.17) is 0 Å². The maximum absolute atomic E-state index is 10.9. The van der Waals surface area contributed by atoms with Gasteiger partial charge in [-0.15, -0.1) is 0 Å². The van der Waals surface area contributed by atoms with Crippen molar-refractivity contribution in [3.05, 3.63) is 35.9 Å². The van der Waals surface area contributed by atoms with Gasteiger partial charge in [-0.05, 0) is 75.7 Å². The molecular weight excluding hydrogens is 408 g/mol. The van der Waals surface area contributed by atoms with Crippen LogP contribution in [0.4, 0.5) is 0 Å². The molecule has 2 aliphatic heterocycles. The minimum atomic E-state index is -0.751. The van der Waals surface area contributed by atoms with E-state index in [1.54, 1.807) is 0 Å². The fourth-order valence-corrected chi connectivity index (χ4v) is 7.76. The molecule has 1 aromatic carbocycles. The van der Waals surface area contributed by atoms with Crippen molar-refractivity contribution in [2.45, 2.75) is 132 Å². The van der Waals surface area contributed by atoms with Gasteiger partial charge < -0.3 is 20.8 Å². The molecule has 5 fully saturated rings. The number of rotatable bonds is 3. The van der Waals surface area contributed by atoms with Crippen molar-refractivity contribution < 1.29 is 10.2 Å². The summed E-state index contributed by atoms with van der Waals surface area (Å²) < 4.78 is 0. The number of aliphatic hydroxyl groups is 2. The van der Waals surface area contributed by atoms with E-state index < -0.39 is 5.60 Å². The maximum Gasteiger partial charge on any atom is 0.102 e. The number of hydrogen-bond acceptors (Lipinski definition) is 4. The molecule has 0 amide bonds. The lowest BCUT2D eigenvalue weighted by Gasteiger charge is -2.31. The molecule has 33 heavy (non-hydrogen) atoms. The fraction of sp³-hybridized carbons (Fsp3) is 0.793. The molecule has 4 nitrogen and oxygen atoms in total. The quantitative estimate of drug-likeness (QED) is 0.517. The highest BCUT2D eigenvalue weighted by molar-refractivity contribution is 5.24. The van der Waals surface area contributed by atoms with E-state index in [1.807, 2.05) is 37.3 Å². The smallest absolute Gasteiger partial charge is 0.102 e. The first kappa shape index (κ1) is 23.8. The SMILES string of the molecule is C[C@@](O)(c1ccccc1)[C@@H]1CC2CCCCC2N1.OC1(C2CC3CCCCC3N2)CCCC1. The Morgan fingerprint density at radius 3 is 1.97 bits per heavy atom. The monoisotopic (exact) mass is 454 g/mol. The van der Waals surface area contributed by atoms with Crippen LogP contribution in [0.15, 0.2) is 30.3 Å². The van der Waals surface area contributed by atoms with E-state index in [0.29, 0.717) is 12.1 Å². The standard InChI is InChI=1S/C16H23NO.C13H23NO/c1-16(18,13-8-3-2-4-9-13)15-11-12-7-5-6-10-14(12)17-15;15-13(7-3-4-8-13)12-9-10-5-1-2-6-11(10)14-12/h2-4,8-9,12,14-15,17-18H,5-7,10-11H2,1H3;10-12,14-15H,1-9H2/t12?,14?,15-,16+;/m0./s1. The Balaban J connectivity index is 0.000000140. The minimum absolute atomic E-state index is 0.202. The van der Waals surface area contributed by atoms with Crippen LogP contribution in [0.5, 0.6) is 0 Å². The lowest BCUT2D eigenvalue weighted by atomic mass is 9.81. The van der Waals surface area contributed by atoms with Gasteiger partial charge >= 0.3 is 0 Å². The van der Waals surface area contributed by atoms with E-state index in [0.717, 1.165) is 42.7 Å². The zero-order chi connectivity index (χ0) is 22.9. The number of nitrogens with one attached hydrogen (secondary N) is 2. The topological polar surface area (TPSA) is 64.5 Å². The molecule has 0 bridgehead atoms. The van der Waals surface area contributed by atoms with Gasteiger partial charge in [0.1, 0.15) is 5.60 Å². The van der Waals surface area contributed by atoms with Gasteiger partial charge in [0.2, 0.25) is 0 Å². The molecule has 2 heterocycles. The Morgan fingerprint density at radius 2 is 1.36 bits per heavy atom. The molecule has 0 spiro atoms. The largest absolute Gasteiger partial charge is 0.388 e. The van der Waals surface area contributed by atoms with Crippen molar-refractivity contribution in [1.29, 1.82) is 0 Å². The highest BCUT2D eigenvalue weighted by Gasteiger charge is 2.47. The highest BCUT2D eigenvalue weighted by Crippen LogP contribution is 2.42. The van der Waals surface area contributed by atoms with Crippen LogP contribution in [0.2, 0.25) is 0 Å². The van der Waals surface area contributed by atoms with Crippen molar-refractivity contribution in [3.63, 3.8) is 0 Å². The molecule has 3 saturated carbocycles. The summed E-state index contributed by atoms with van der Waals surface area (Å²) in [5.41, 5.74) is -0.0724. The van der Waals surface area contributed by atoms with Crippen LogP contribution in [-0.4, -0.2) is 40.0 Å². The average molecular weight is 455 g/mol. The first-order valence-electron chi connectivity index (χ1n) is 14.0. The van der Waals surface area contributed by atoms with Gasteiger partial charge in [-0.1, -0.05) is 68.9 Å². The number of fused-ring (bicyclic) bond motifs is 2. The summed E-state index contributed by atoms with van der Waals surface area (Å²) in [7, 11) is 0. The van der Waals surface area contributed by atoms with Crippen LogP contribution in [0.3, 0.4) is 0 Å². The molecule has 4 heteroatoms. The van der Waals surface area contributed by atoms with Crippen molar-refractivity contribution in [1.82, 2.24) is 10.6 Å². The Labute approximate surface area is 200 Å². The molecule has 5 unspecified atom stereocenters. The lowest BCUT2D eigenvalue weighted by molar-refractivity contribution is 0.0122. The highest BCUT2D eigenvalue weighted by atomic mass is 16.3. The second kappa shape index (κ2) is 9.97. The third-order valence-electron chi connectivity index (χ3n) is 9.88. The molecule has 6 rings (SSSR count). The van der Waals surface area contributed by atoms with Crippen molar-refractivity contribution in [3.8, 4) is 0 Å². The molecule has 4 N–H and O–H groups in total. The molecule has 2 saturated heterocycles. The molecule has 5 aliphatic rings. The molecule has 0 aromatic heterocycles. The zero-order valence-electron chi connectivity index (χ0n) is 20.6. The molecular formula is C29H46N2O2. The molecule has 184 valence electrons. The van der Waals surface area contributed by atoms with Crippen molar-refractivity contribution in [2.75, 3.05) is 0 Å². The first-order valence-corrected chi connectivity index (χ1v) is 14.0. The van der Waals surface area contributed by atoms with Crippen LogP contribution in [-0.2, 0) is 5.60 Å². The summed E-state index contributed by atoms with van der Waals surface area (Å²) in [4.78, 5) is 0. The van der Waals surface area contributed by atoms with Gasteiger partial charge in [0.25, 0.3) is 0 Å². The zero-order valence-corrected chi connectivity index (χ0v) is 20.6. The molecule has 7 atom stereocenters. The molecule has 1 aromatic rings. The van der Waals surface area contributed by atoms with E-state index in [2.05, 4.69) is 10.6 Å². The second-order valence-corrected chi connectivity index (χ2v) is 12.0. The Morgan fingerprint density at radius 1 is 0.788 bits per heavy atom. The predicted octanol–water partition coefficient (Wildman–Crippen LogP) is 5.03. The number of benzene rings is 1. The summed E-state index contributed by atoms with van der Waals surface area (Å²) >= 11 is 0. The van der Waals surface area contributed by atoms with Gasteiger partial charge in [0.15, 0.2) is 0 Å². The van der Waals surface area contributed by atoms with Crippen LogP contribution in [0, 0.1) is 11.8 Å². The molecule has 0 radical (unpaired) electrons. The summed E-state index contributed by atoms with van der Waals surface area (Å²) in [6.07, 6.45) is 17.7. The van der Waals surface area contributed by atoms with Gasteiger partial charge in [-0.25, -0.2) is 0 Å². The summed E-state index contributed by atoms with van der Waals surface area (Å²) in [6, 6.07) is 12.1. The number of hydrogen-bond donors (Lipinski definition) is 4. The van der Waals surface area contributed by atoms with Crippen LogP contribution in [0.1, 0.15) is 102 Å². The second-order valence-electron chi connectivity index (χ2n) is 12.0. The van der Waals surface area contributed by atoms with E-state index >= 15 is 0 Å². The first-order chi connectivity index (χ1) is 16.0. The normalized spacial score (nSPS) is 39.1. The van der Waals surface area contributed by atoms with Crippen LogP contribution < -0.4 is 10.6 Å². The van der Waals surface area contributed by atoms with Crippen LogP contribution >= 0.6 is 0 Å². The third-order valence-corrected chi connectivity index (χ3v) is 9.88. The minimum Gasteiger partial charge on any atom is -0.388 e.